The van der Waals surface area contributed by atoms with E-state index in [4.69, 9.17) is 22.1 Å². The van der Waals surface area contributed by atoms with Crippen LogP contribution in [0.25, 0.3) is 0 Å². The number of halogens is 3. The Balaban J connectivity index is 1.56. The summed E-state index contributed by atoms with van der Waals surface area (Å²) in [6.45, 7) is 3.23. The number of para-hydroxylation sites is 2. The molecule has 0 spiro atoms. The van der Waals surface area contributed by atoms with Crippen molar-refractivity contribution >= 4 is 27.2 Å². The average Bonchev–Trinajstić information content (AvgIpc) is 2.63. The van der Waals surface area contributed by atoms with Crippen LogP contribution in [-0.4, -0.2) is 36.2 Å². The molecule has 1 aromatic carbocycles. The molecule has 4 bridgehead atoms. The molecule has 4 aliphatic rings. The van der Waals surface area contributed by atoms with Crippen LogP contribution in [0.3, 0.4) is 0 Å². The maximum absolute atomic E-state index is 12.8. The van der Waals surface area contributed by atoms with Crippen LogP contribution in [0.2, 0.25) is 0 Å². The molecule has 5 atom stereocenters. The van der Waals surface area contributed by atoms with Gasteiger partial charge in [-0.25, -0.2) is 13.6 Å². The highest BCUT2D eigenvalue weighted by Crippen LogP contribution is 2.58. The molecule has 4 saturated carbocycles. The first-order valence-corrected chi connectivity index (χ1v) is 12.5. The van der Waals surface area contributed by atoms with Crippen molar-refractivity contribution in [1.82, 2.24) is 5.32 Å². The van der Waals surface area contributed by atoms with Crippen LogP contribution >= 0.6 is 12.2 Å². The molecular weight excluding hydrogens is 465 g/mol. The molecule has 178 valence electrons. The van der Waals surface area contributed by atoms with E-state index in [0.29, 0.717) is 24.7 Å². The van der Waals surface area contributed by atoms with Crippen molar-refractivity contribution in [3.63, 3.8) is 0 Å². The van der Waals surface area contributed by atoms with Gasteiger partial charge in [0.2, 0.25) is 10.0 Å². The molecule has 1 aromatic rings. The molecule has 6 nitrogen and oxygen atoms in total. The molecule has 0 aliphatic heterocycles. The number of hydrogen-bond donors (Lipinski definition) is 2. The van der Waals surface area contributed by atoms with Gasteiger partial charge in [0, 0.05) is 0 Å². The number of ether oxygens (including phenoxy) is 2. The summed E-state index contributed by atoms with van der Waals surface area (Å²) in [5.41, 5.74) is -1.23. The molecule has 4 aliphatic carbocycles. The van der Waals surface area contributed by atoms with E-state index in [-0.39, 0.29) is 16.7 Å². The average molecular weight is 493 g/mol. The highest BCUT2D eigenvalue weighted by molar-refractivity contribution is 7.90. The number of sulfonamides is 1. The highest BCUT2D eigenvalue weighted by Gasteiger charge is 2.63. The van der Waals surface area contributed by atoms with Crippen molar-refractivity contribution < 1.29 is 31.1 Å². The van der Waals surface area contributed by atoms with Gasteiger partial charge in [0.1, 0.15) is 9.74 Å². The zero-order valence-corrected chi connectivity index (χ0v) is 19.4. The van der Waals surface area contributed by atoms with Crippen LogP contribution in [0.1, 0.15) is 46.0 Å². The Bertz CT molecular complexity index is 999. The Morgan fingerprint density at radius 3 is 2.12 bits per heavy atom. The van der Waals surface area contributed by atoms with Crippen LogP contribution in [-0.2, 0) is 10.0 Å². The first-order valence-electron chi connectivity index (χ1n) is 10.6. The zero-order chi connectivity index (χ0) is 23.5. The van der Waals surface area contributed by atoms with Gasteiger partial charge < -0.3 is 14.8 Å². The number of alkyl halides is 3. The summed E-state index contributed by atoms with van der Waals surface area (Å²) in [7, 11) is -3.86. The van der Waals surface area contributed by atoms with Crippen molar-refractivity contribution in [2.45, 2.75) is 68.7 Å². The topological polar surface area (TPSA) is 90.7 Å². The number of nitrogens with two attached hydrogens (primary N) is 1. The Kier molecular flexibility index (Phi) is 5.69. The van der Waals surface area contributed by atoms with Gasteiger partial charge >= 0.3 is 6.36 Å². The summed E-state index contributed by atoms with van der Waals surface area (Å²) >= 11 is 5.58. The van der Waals surface area contributed by atoms with Crippen molar-refractivity contribution in [3.8, 4) is 11.5 Å². The van der Waals surface area contributed by atoms with E-state index in [1.54, 1.807) is 13.8 Å². The summed E-state index contributed by atoms with van der Waals surface area (Å²) < 4.78 is 72.6. The van der Waals surface area contributed by atoms with E-state index < -0.39 is 38.5 Å². The number of nitrogens with one attached hydrogen (secondary N) is 1. The molecule has 3 unspecified atom stereocenters. The summed E-state index contributed by atoms with van der Waals surface area (Å²) in [5, 5.41) is 8.97. The van der Waals surface area contributed by atoms with Crippen LogP contribution in [0, 0.1) is 17.8 Å². The number of primary sulfonamides is 1. The minimum Gasteiger partial charge on any atom is -0.477 e. The maximum Gasteiger partial charge on any atom is 0.573 e. The molecule has 0 amide bonds. The fraction of sp³-hybridized carbons (Fsp3) is 0.667. The lowest BCUT2D eigenvalue weighted by molar-refractivity contribution is -0.275. The molecule has 0 saturated heterocycles. The van der Waals surface area contributed by atoms with Gasteiger partial charge in [0.05, 0.1) is 6.04 Å². The minimum absolute atomic E-state index is 0.120. The Morgan fingerprint density at radius 2 is 1.62 bits per heavy atom. The summed E-state index contributed by atoms with van der Waals surface area (Å²) in [6, 6.07) is 4.99. The molecule has 32 heavy (non-hydrogen) atoms. The zero-order valence-electron chi connectivity index (χ0n) is 17.8. The molecule has 3 N–H and O–H groups in total. The highest BCUT2D eigenvalue weighted by atomic mass is 32.2. The molecule has 0 aromatic heterocycles. The Hall–Kier alpha value is -1.59. The second kappa shape index (κ2) is 7.73. The molecule has 5 rings (SSSR count). The smallest absolute Gasteiger partial charge is 0.477 e. The van der Waals surface area contributed by atoms with Gasteiger partial charge in [-0.1, -0.05) is 24.4 Å². The predicted octanol–water partition coefficient (Wildman–Crippen LogP) is 3.90. The summed E-state index contributed by atoms with van der Waals surface area (Å²) in [5.74, 6) is 0.201. The standard InChI is InChI=1S/C21H27F3N2O4S2/c1-19(2,29-15-5-3-4-6-16(15)30-21(22,23)24)18(31)26-17-14-8-12-7-13(9-14)11-20(17,10-12)32(25,27)28/h3-6,12-14,17H,7-11H2,1-2H3,(H,26,31)(H2,25,27,28)/t12-,13?,14?,17-,20?/m0/s1. The quantitative estimate of drug-likeness (QED) is 0.586. The van der Waals surface area contributed by atoms with E-state index in [9.17, 15) is 21.6 Å². The van der Waals surface area contributed by atoms with Crippen molar-refractivity contribution in [3.05, 3.63) is 24.3 Å². The number of rotatable bonds is 6. The molecule has 11 heteroatoms. The lowest BCUT2D eigenvalue weighted by Gasteiger charge is -2.60. The largest absolute Gasteiger partial charge is 0.573 e. The molecular formula is C21H27F3N2O4S2. The van der Waals surface area contributed by atoms with Gasteiger partial charge in [-0.05, 0) is 75.8 Å². The Labute approximate surface area is 191 Å². The third kappa shape index (κ3) is 4.31. The third-order valence-corrected chi connectivity index (χ3v) is 9.42. The monoisotopic (exact) mass is 492 g/mol. The molecule has 4 fully saturated rings. The second-order valence-corrected chi connectivity index (χ2v) is 12.1. The van der Waals surface area contributed by atoms with Crippen LogP contribution in [0.15, 0.2) is 24.3 Å². The maximum atomic E-state index is 12.8. The summed E-state index contributed by atoms with van der Waals surface area (Å²) in [4.78, 5) is 0.208. The van der Waals surface area contributed by atoms with E-state index in [1.165, 1.54) is 18.2 Å². The Morgan fingerprint density at radius 1 is 1.09 bits per heavy atom. The van der Waals surface area contributed by atoms with Gasteiger partial charge in [-0.3, -0.25) is 0 Å². The van der Waals surface area contributed by atoms with Gasteiger partial charge in [0.15, 0.2) is 17.1 Å². The van der Waals surface area contributed by atoms with Crippen molar-refractivity contribution in [2.75, 3.05) is 0 Å². The second-order valence-electron chi connectivity index (χ2n) is 9.78. The molecule has 0 heterocycles. The van der Waals surface area contributed by atoms with E-state index >= 15 is 0 Å². The first-order chi connectivity index (χ1) is 14.7. The SMILES string of the molecule is CC(C)(Oc1ccccc1OC(F)(F)F)C(=S)N[C@H]1C2CC3C[C@@H](C2)CC1(S(N)(=O)=O)C3. The third-order valence-electron chi connectivity index (χ3n) is 7.09. The first kappa shape index (κ1) is 23.6. The van der Waals surface area contributed by atoms with E-state index in [1.807, 2.05) is 0 Å². The van der Waals surface area contributed by atoms with Gasteiger partial charge in [-0.2, -0.15) is 0 Å². The number of benzene rings is 1. The minimum atomic E-state index is -4.87. The fourth-order valence-electron chi connectivity index (χ4n) is 6.00. The fourth-order valence-corrected chi connectivity index (χ4v) is 7.71. The van der Waals surface area contributed by atoms with Gasteiger partial charge in [0.25, 0.3) is 0 Å². The van der Waals surface area contributed by atoms with Gasteiger partial charge in [-0.15, -0.1) is 13.2 Å². The number of hydrogen-bond acceptors (Lipinski definition) is 5. The lowest BCUT2D eigenvalue weighted by atomic mass is 9.53. The van der Waals surface area contributed by atoms with Crippen LogP contribution in [0.4, 0.5) is 13.2 Å². The van der Waals surface area contributed by atoms with Crippen molar-refractivity contribution in [1.29, 1.82) is 0 Å². The van der Waals surface area contributed by atoms with Crippen LogP contribution in [0.5, 0.6) is 11.5 Å². The normalized spacial score (nSPS) is 31.9. The summed E-state index contributed by atoms with van der Waals surface area (Å²) in [6.07, 6.45) is -0.999. The van der Waals surface area contributed by atoms with E-state index in [2.05, 4.69) is 10.1 Å². The van der Waals surface area contributed by atoms with E-state index in [0.717, 1.165) is 25.3 Å². The number of thiocarbonyl (C=S) groups is 1. The van der Waals surface area contributed by atoms with Crippen LogP contribution < -0.4 is 19.9 Å². The predicted molar refractivity (Wildman–Crippen MR) is 117 cm³/mol. The van der Waals surface area contributed by atoms with Crippen molar-refractivity contribution in [2.24, 2.45) is 22.9 Å². The molecule has 0 radical (unpaired) electrons. The lowest BCUT2D eigenvalue weighted by Crippen LogP contribution is -2.71.